The minimum absolute atomic E-state index is 0.0432. The molecule has 3 aromatic carbocycles. The largest absolute Gasteiger partial charge is 0.495 e. The number of para-hydroxylation sites is 1. The van der Waals surface area contributed by atoms with Crippen LogP contribution in [-0.4, -0.2) is 28.0 Å². The van der Waals surface area contributed by atoms with Gasteiger partial charge in [0, 0.05) is 10.7 Å². The molecule has 162 valence electrons. The summed E-state index contributed by atoms with van der Waals surface area (Å²) >= 11 is 5.83. The molecule has 0 heterocycles. The van der Waals surface area contributed by atoms with Gasteiger partial charge in [-0.05, 0) is 61.0 Å². The van der Waals surface area contributed by atoms with Crippen LogP contribution < -0.4 is 19.5 Å². The fourth-order valence-corrected chi connectivity index (χ4v) is 3.94. The molecule has 7 nitrogen and oxygen atoms in total. The second-order valence-electron chi connectivity index (χ2n) is 6.58. The first kappa shape index (κ1) is 22.5. The lowest BCUT2D eigenvalue weighted by atomic mass is 10.2. The highest BCUT2D eigenvalue weighted by Crippen LogP contribution is 2.29. The molecule has 0 atom stereocenters. The van der Waals surface area contributed by atoms with Gasteiger partial charge in [0.2, 0.25) is 0 Å². The molecule has 3 aromatic rings. The van der Waals surface area contributed by atoms with E-state index in [1.807, 2.05) is 25.1 Å². The molecule has 0 saturated heterocycles. The molecule has 9 heteroatoms. The summed E-state index contributed by atoms with van der Waals surface area (Å²) in [6.07, 6.45) is 0. The summed E-state index contributed by atoms with van der Waals surface area (Å²) in [4.78, 5) is 12.3. The summed E-state index contributed by atoms with van der Waals surface area (Å²) in [5, 5.41) is 3.13. The number of ether oxygens (including phenoxy) is 2. The zero-order chi connectivity index (χ0) is 22.4. The lowest BCUT2D eigenvalue weighted by Gasteiger charge is -2.14. The monoisotopic (exact) mass is 460 g/mol. The molecule has 0 spiro atoms. The summed E-state index contributed by atoms with van der Waals surface area (Å²) in [6.45, 7) is 1.63. The van der Waals surface area contributed by atoms with Crippen LogP contribution in [0.2, 0.25) is 5.02 Å². The highest BCUT2D eigenvalue weighted by atomic mass is 35.5. The van der Waals surface area contributed by atoms with Crippen molar-refractivity contribution in [3.8, 4) is 11.5 Å². The van der Waals surface area contributed by atoms with Crippen molar-refractivity contribution in [1.29, 1.82) is 0 Å². The van der Waals surface area contributed by atoms with Gasteiger partial charge in [-0.3, -0.25) is 9.52 Å². The third kappa shape index (κ3) is 5.90. The molecule has 0 saturated carbocycles. The highest BCUT2D eigenvalue weighted by molar-refractivity contribution is 7.92. The minimum Gasteiger partial charge on any atom is -0.495 e. The predicted octanol–water partition coefficient (Wildman–Crippen LogP) is 4.48. The fourth-order valence-electron chi connectivity index (χ4n) is 2.73. The number of nitrogens with one attached hydrogen (secondary N) is 2. The molecular weight excluding hydrogens is 440 g/mol. The van der Waals surface area contributed by atoms with Gasteiger partial charge in [0.25, 0.3) is 15.9 Å². The Bertz CT molecular complexity index is 1180. The standard InChI is InChI=1S/C22H21ClN2O5S/c1-15-5-3-4-6-20(15)30-14-22(26)24-19-13-18(11-12-21(19)29-2)31(27,28)25-17-9-7-16(23)8-10-17/h3-13,25H,14H2,1-2H3,(H,24,26). The van der Waals surface area contributed by atoms with Crippen LogP contribution in [0.5, 0.6) is 11.5 Å². The topological polar surface area (TPSA) is 93.7 Å². The van der Waals surface area contributed by atoms with E-state index in [9.17, 15) is 13.2 Å². The van der Waals surface area contributed by atoms with Crippen LogP contribution in [0.15, 0.2) is 71.6 Å². The van der Waals surface area contributed by atoms with Crippen molar-refractivity contribution in [3.05, 3.63) is 77.3 Å². The van der Waals surface area contributed by atoms with Gasteiger partial charge in [0.15, 0.2) is 6.61 Å². The second-order valence-corrected chi connectivity index (χ2v) is 8.70. The molecular formula is C22H21ClN2O5S. The Morgan fingerprint density at radius 1 is 1.00 bits per heavy atom. The number of methoxy groups -OCH3 is 1. The van der Waals surface area contributed by atoms with Crippen molar-refractivity contribution in [2.24, 2.45) is 0 Å². The van der Waals surface area contributed by atoms with Crippen molar-refractivity contribution < 1.29 is 22.7 Å². The zero-order valence-electron chi connectivity index (χ0n) is 16.9. The lowest BCUT2D eigenvalue weighted by Crippen LogP contribution is -2.21. The summed E-state index contributed by atoms with van der Waals surface area (Å²) in [7, 11) is -2.48. The summed E-state index contributed by atoms with van der Waals surface area (Å²) in [5.74, 6) is 0.449. The third-order valence-electron chi connectivity index (χ3n) is 4.30. The zero-order valence-corrected chi connectivity index (χ0v) is 18.5. The van der Waals surface area contributed by atoms with Crippen LogP contribution in [0.4, 0.5) is 11.4 Å². The molecule has 3 rings (SSSR count). The van der Waals surface area contributed by atoms with E-state index in [0.29, 0.717) is 22.2 Å². The molecule has 1 amide bonds. The second kappa shape index (κ2) is 9.72. The Morgan fingerprint density at radius 3 is 2.39 bits per heavy atom. The number of carbonyl (C=O) groups is 1. The van der Waals surface area contributed by atoms with Gasteiger partial charge in [-0.15, -0.1) is 0 Å². The molecule has 0 bridgehead atoms. The Kier molecular flexibility index (Phi) is 7.04. The number of hydrogen-bond acceptors (Lipinski definition) is 5. The van der Waals surface area contributed by atoms with Crippen molar-refractivity contribution in [2.75, 3.05) is 23.8 Å². The average molecular weight is 461 g/mol. The normalized spacial score (nSPS) is 10.9. The maximum atomic E-state index is 12.8. The Labute approximate surface area is 186 Å². The molecule has 0 aliphatic rings. The number of amides is 1. The van der Waals surface area contributed by atoms with E-state index in [0.717, 1.165) is 5.56 Å². The Hall–Kier alpha value is -3.23. The van der Waals surface area contributed by atoms with E-state index in [-0.39, 0.29) is 17.2 Å². The summed E-state index contributed by atoms with van der Waals surface area (Å²) in [6, 6.07) is 17.7. The van der Waals surface area contributed by atoms with E-state index in [2.05, 4.69) is 10.0 Å². The first-order valence-electron chi connectivity index (χ1n) is 9.23. The molecule has 2 N–H and O–H groups in total. The van der Waals surface area contributed by atoms with E-state index in [1.165, 1.54) is 25.3 Å². The van der Waals surface area contributed by atoms with Gasteiger partial charge < -0.3 is 14.8 Å². The predicted molar refractivity (Wildman–Crippen MR) is 121 cm³/mol. The van der Waals surface area contributed by atoms with Crippen molar-refractivity contribution in [3.63, 3.8) is 0 Å². The lowest BCUT2D eigenvalue weighted by molar-refractivity contribution is -0.118. The molecule has 0 aromatic heterocycles. The minimum atomic E-state index is -3.90. The number of benzene rings is 3. The van der Waals surface area contributed by atoms with Gasteiger partial charge in [-0.25, -0.2) is 8.42 Å². The maximum Gasteiger partial charge on any atom is 0.262 e. The Morgan fingerprint density at radius 2 is 1.71 bits per heavy atom. The van der Waals surface area contributed by atoms with Gasteiger partial charge >= 0.3 is 0 Å². The van der Waals surface area contributed by atoms with Crippen LogP contribution in [-0.2, 0) is 14.8 Å². The van der Waals surface area contributed by atoms with Crippen LogP contribution in [0.1, 0.15) is 5.56 Å². The quantitative estimate of drug-likeness (QED) is 0.517. The fraction of sp³-hybridized carbons (Fsp3) is 0.136. The van der Waals surface area contributed by atoms with E-state index in [4.69, 9.17) is 21.1 Å². The highest BCUT2D eigenvalue weighted by Gasteiger charge is 2.18. The van der Waals surface area contributed by atoms with Crippen molar-refractivity contribution >= 4 is 38.9 Å². The Balaban J connectivity index is 1.75. The number of rotatable bonds is 8. The number of sulfonamides is 1. The molecule has 0 aliphatic carbocycles. The third-order valence-corrected chi connectivity index (χ3v) is 5.94. The average Bonchev–Trinajstić information content (AvgIpc) is 2.74. The first-order chi connectivity index (χ1) is 14.8. The van der Waals surface area contributed by atoms with Gasteiger partial charge in [0.1, 0.15) is 11.5 Å². The van der Waals surface area contributed by atoms with Crippen LogP contribution in [0.25, 0.3) is 0 Å². The van der Waals surface area contributed by atoms with Crippen LogP contribution in [0, 0.1) is 6.92 Å². The van der Waals surface area contributed by atoms with Gasteiger partial charge in [-0.1, -0.05) is 29.8 Å². The van der Waals surface area contributed by atoms with Crippen molar-refractivity contribution in [1.82, 2.24) is 0 Å². The first-order valence-corrected chi connectivity index (χ1v) is 11.1. The van der Waals surface area contributed by atoms with E-state index in [1.54, 1.807) is 30.3 Å². The molecule has 0 radical (unpaired) electrons. The summed E-state index contributed by atoms with van der Waals surface area (Å²) < 4.78 is 38.7. The van der Waals surface area contributed by atoms with Gasteiger partial charge in [0.05, 0.1) is 17.7 Å². The van der Waals surface area contributed by atoms with Crippen LogP contribution in [0.3, 0.4) is 0 Å². The van der Waals surface area contributed by atoms with E-state index < -0.39 is 15.9 Å². The molecule has 0 aliphatic heterocycles. The number of halogens is 1. The van der Waals surface area contributed by atoms with Crippen molar-refractivity contribution in [2.45, 2.75) is 11.8 Å². The number of carbonyl (C=O) groups excluding carboxylic acids is 1. The molecule has 0 fully saturated rings. The smallest absolute Gasteiger partial charge is 0.262 e. The number of anilines is 2. The van der Waals surface area contributed by atoms with Crippen LogP contribution >= 0.6 is 11.6 Å². The SMILES string of the molecule is COc1ccc(S(=O)(=O)Nc2ccc(Cl)cc2)cc1NC(=O)COc1ccccc1C. The summed E-state index contributed by atoms with van der Waals surface area (Å²) in [5.41, 5.74) is 1.46. The van der Waals surface area contributed by atoms with E-state index >= 15 is 0 Å². The molecule has 31 heavy (non-hydrogen) atoms. The molecule has 0 unspecified atom stereocenters. The number of hydrogen-bond donors (Lipinski definition) is 2. The number of aryl methyl sites for hydroxylation is 1. The van der Waals surface area contributed by atoms with Gasteiger partial charge in [-0.2, -0.15) is 0 Å². The maximum absolute atomic E-state index is 12.8.